The van der Waals surface area contributed by atoms with Gasteiger partial charge in [0.25, 0.3) is 0 Å². The predicted molar refractivity (Wildman–Crippen MR) is 61.6 cm³/mol. The Morgan fingerprint density at radius 2 is 1.88 bits per heavy atom. The Morgan fingerprint density at radius 3 is 2.44 bits per heavy atom. The molecular formula is C9H19N3O3S. The molecule has 94 valence electrons. The highest BCUT2D eigenvalue weighted by molar-refractivity contribution is 7.88. The maximum Gasteiger partial charge on any atom is 0.315 e. The van der Waals surface area contributed by atoms with Crippen LogP contribution in [0.15, 0.2) is 0 Å². The normalized spacial score (nSPS) is 17.3. The number of rotatable bonds is 5. The van der Waals surface area contributed by atoms with Crippen molar-refractivity contribution < 1.29 is 13.2 Å². The summed E-state index contributed by atoms with van der Waals surface area (Å²) in [6.07, 6.45) is 5.50. The molecule has 2 amide bonds. The molecular weight excluding hydrogens is 230 g/mol. The van der Waals surface area contributed by atoms with E-state index in [4.69, 9.17) is 0 Å². The fourth-order valence-electron chi connectivity index (χ4n) is 1.72. The predicted octanol–water partition coefficient (Wildman–Crippen LogP) is -0.223. The van der Waals surface area contributed by atoms with Gasteiger partial charge in [-0.25, -0.2) is 17.9 Å². The number of amides is 2. The molecule has 1 rings (SSSR count). The summed E-state index contributed by atoms with van der Waals surface area (Å²) in [6.45, 7) is 0.516. The lowest BCUT2D eigenvalue weighted by Crippen LogP contribution is -2.43. The van der Waals surface area contributed by atoms with Crippen molar-refractivity contribution in [2.45, 2.75) is 31.7 Å². The monoisotopic (exact) mass is 249 g/mol. The first-order valence-electron chi connectivity index (χ1n) is 5.46. The van der Waals surface area contributed by atoms with E-state index in [9.17, 15) is 13.2 Å². The third-order valence-electron chi connectivity index (χ3n) is 2.47. The van der Waals surface area contributed by atoms with Crippen LogP contribution in [0.1, 0.15) is 25.7 Å². The standard InChI is InChI=1S/C9H19N3O3S/c1-16(14,15)11-7-6-10-9(13)12-8-4-2-3-5-8/h8,11H,2-7H2,1H3,(H2,10,12,13). The zero-order valence-corrected chi connectivity index (χ0v) is 10.3. The summed E-state index contributed by atoms with van der Waals surface area (Å²) in [5.41, 5.74) is 0. The van der Waals surface area contributed by atoms with Gasteiger partial charge in [0.1, 0.15) is 0 Å². The van der Waals surface area contributed by atoms with E-state index in [2.05, 4.69) is 15.4 Å². The molecule has 16 heavy (non-hydrogen) atoms. The van der Waals surface area contributed by atoms with Gasteiger partial charge in [0.2, 0.25) is 10.0 Å². The van der Waals surface area contributed by atoms with Gasteiger partial charge in [0.05, 0.1) is 6.26 Å². The molecule has 0 heterocycles. The minimum atomic E-state index is -3.17. The van der Waals surface area contributed by atoms with Gasteiger partial charge in [-0.1, -0.05) is 12.8 Å². The van der Waals surface area contributed by atoms with Crippen LogP contribution in [0.4, 0.5) is 4.79 Å². The summed E-state index contributed by atoms with van der Waals surface area (Å²) >= 11 is 0. The molecule has 0 aromatic carbocycles. The van der Waals surface area contributed by atoms with E-state index in [-0.39, 0.29) is 18.6 Å². The quantitative estimate of drug-likeness (QED) is 0.589. The molecule has 1 saturated carbocycles. The molecule has 0 saturated heterocycles. The second-order valence-corrected chi connectivity index (χ2v) is 5.88. The van der Waals surface area contributed by atoms with Crippen molar-refractivity contribution in [2.75, 3.05) is 19.3 Å². The van der Waals surface area contributed by atoms with Gasteiger partial charge >= 0.3 is 6.03 Å². The van der Waals surface area contributed by atoms with Crippen molar-refractivity contribution in [1.29, 1.82) is 0 Å². The van der Waals surface area contributed by atoms with Gasteiger partial charge in [-0.3, -0.25) is 0 Å². The number of nitrogens with one attached hydrogen (secondary N) is 3. The molecule has 0 atom stereocenters. The first-order valence-corrected chi connectivity index (χ1v) is 7.35. The molecule has 0 bridgehead atoms. The van der Waals surface area contributed by atoms with Crippen LogP contribution in [0.5, 0.6) is 0 Å². The fourth-order valence-corrected chi connectivity index (χ4v) is 2.19. The van der Waals surface area contributed by atoms with Crippen LogP contribution < -0.4 is 15.4 Å². The molecule has 6 nitrogen and oxygen atoms in total. The molecule has 0 aliphatic heterocycles. The topological polar surface area (TPSA) is 87.3 Å². The third-order valence-corrected chi connectivity index (χ3v) is 3.19. The Hall–Kier alpha value is -0.820. The highest BCUT2D eigenvalue weighted by Crippen LogP contribution is 2.17. The SMILES string of the molecule is CS(=O)(=O)NCCNC(=O)NC1CCCC1. The zero-order valence-electron chi connectivity index (χ0n) is 9.45. The number of hydrogen-bond donors (Lipinski definition) is 3. The summed E-state index contributed by atoms with van der Waals surface area (Å²) in [5.74, 6) is 0. The van der Waals surface area contributed by atoms with Gasteiger partial charge in [0, 0.05) is 19.1 Å². The summed E-state index contributed by atoms with van der Waals surface area (Å²) < 4.78 is 23.7. The number of carbonyl (C=O) groups is 1. The molecule has 0 spiro atoms. The number of hydrogen-bond acceptors (Lipinski definition) is 3. The molecule has 7 heteroatoms. The first kappa shape index (κ1) is 13.2. The van der Waals surface area contributed by atoms with Crippen LogP contribution in [0, 0.1) is 0 Å². The summed E-state index contributed by atoms with van der Waals surface area (Å²) in [7, 11) is -3.17. The summed E-state index contributed by atoms with van der Waals surface area (Å²) in [4.78, 5) is 11.3. The van der Waals surface area contributed by atoms with Gasteiger partial charge in [-0.15, -0.1) is 0 Å². The third kappa shape index (κ3) is 5.92. The largest absolute Gasteiger partial charge is 0.337 e. The van der Waals surface area contributed by atoms with E-state index in [1.807, 2.05) is 0 Å². The Kier molecular flexibility index (Phi) is 5.01. The van der Waals surface area contributed by atoms with Crippen molar-refractivity contribution in [2.24, 2.45) is 0 Å². The first-order chi connectivity index (χ1) is 7.47. The fraction of sp³-hybridized carbons (Fsp3) is 0.889. The second kappa shape index (κ2) is 6.05. The second-order valence-electron chi connectivity index (χ2n) is 4.05. The molecule has 1 fully saturated rings. The van der Waals surface area contributed by atoms with E-state index >= 15 is 0 Å². The smallest absolute Gasteiger partial charge is 0.315 e. The molecule has 0 radical (unpaired) electrons. The highest BCUT2D eigenvalue weighted by atomic mass is 32.2. The molecule has 1 aliphatic carbocycles. The molecule has 0 aromatic rings. The average Bonchev–Trinajstić information content (AvgIpc) is 2.63. The van der Waals surface area contributed by atoms with Crippen LogP contribution >= 0.6 is 0 Å². The van der Waals surface area contributed by atoms with E-state index in [0.29, 0.717) is 6.54 Å². The lowest BCUT2D eigenvalue weighted by Gasteiger charge is -2.12. The number of sulfonamides is 1. The Bertz CT molecular complexity index is 323. The zero-order chi connectivity index (χ0) is 12.0. The maximum absolute atomic E-state index is 11.3. The maximum atomic E-state index is 11.3. The minimum absolute atomic E-state index is 0.219. The Labute approximate surface area is 96.2 Å². The molecule has 0 unspecified atom stereocenters. The summed E-state index contributed by atoms with van der Waals surface area (Å²) in [6, 6.07) is 0.0602. The van der Waals surface area contributed by atoms with Gasteiger partial charge in [0.15, 0.2) is 0 Å². The Balaban J connectivity index is 2.06. The van der Waals surface area contributed by atoms with E-state index in [0.717, 1.165) is 19.1 Å². The van der Waals surface area contributed by atoms with Crippen LogP contribution in [-0.2, 0) is 10.0 Å². The van der Waals surface area contributed by atoms with E-state index in [1.54, 1.807) is 0 Å². The number of urea groups is 1. The molecule has 0 aromatic heterocycles. The minimum Gasteiger partial charge on any atom is -0.337 e. The van der Waals surface area contributed by atoms with Crippen LogP contribution in [0.2, 0.25) is 0 Å². The van der Waals surface area contributed by atoms with Gasteiger partial charge < -0.3 is 10.6 Å². The number of carbonyl (C=O) groups excluding carboxylic acids is 1. The highest BCUT2D eigenvalue weighted by Gasteiger charge is 2.16. The van der Waals surface area contributed by atoms with Gasteiger partial charge in [-0.2, -0.15) is 0 Å². The van der Waals surface area contributed by atoms with Crippen LogP contribution in [0.25, 0.3) is 0 Å². The lowest BCUT2D eigenvalue weighted by atomic mass is 10.2. The van der Waals surface area contributed by atoms with Crippen molar-refractivity contribution in [3.63, 3.8) is 0 Å². The van der Waals surface area contributed by atoms with Crippen molar-refractivity contribution >= 4 is 16.1 Å². The van der Waals surface area contributed by atoms with Crippen molar-refractivity contribution in [3.8, 4) is 0 Å². The van der Waals surface area contributed by atoms with Crippen molar-refractivity contribution in [3.05, 3.63) is 0 Å². The molecule has 3 N–H and O–H groups in total. The van der Waals surface area contributed by atoms with Crippen molar-refractivity contribution in [1.82, 2.24) is 15.4 Å². The van der Waals surface area contributed by atoms with Gasteiger partial charge in [-0.05, 0) is 12.8 Å². The van der Waals surface area contributed by atoms with Crippen LogP contribution in [-0.4, -0.2) is 39.8 Å². The van der Waals surface area contributed by atoms with E-state index < -0.39 is 10.0 Å². The Morgan fingerprint density at radius 1 is 1.25 bits per heavy atom. The molecule has 1 aliphatic rings. The summed E-state index contributed by atoms with van der Waals surface area (Å²) in [5, 5.41) is 5.45. The van der Waals surface area contributed by atoms with Crippen LogP contribution in [0.3, 0.4) is 0 Å². The average molecular weight is 249 g/mol. The lowest BCUT2D eigenvalue weighted by molar-refractivity contribution is 0.237. The van der Waals surface area contributed by atoms with E-state index in [1.165, 1.54) is 12.8 Å².